The third-order valence-corrected chi connectivity index (χ3v) is 8.27. The summed E-state index contributed by atoms with van der Waals surface area (Å²) in [5.74, 6) is -1.09. The molecule has 0 unspecified atom stereocenters. The minimum absolute atomic E-state index is 0.124. The van der Waals surface area contributed by atoms with E-state index in [1.54, 1.807) is 36.4 Å². The van der Waals surface area contributed by atoms with Crippen molar-refractivity contribution in [1.29, 1.82) is 0 Å². The van der Waals surface area contributed by atoms with Gasteiger partial charge in [-0.1, -0.05) is 41.6 Å². The highest BCUT2D eigenvalue weighted by Crippen LogP contribution is 2.30. The first-order chi connectivity index (χ1) is 17.1. The predicted molar refractivity (Wildman–Crippen MR) is 140 cm³/mol. The van der Waals surface area contributed by atoms with Gasteiger partial charge in [-0.3, -0.25) is 4.79 Å². The Labute approximate surface area is 217 Å². The molecule has 1 amide bonds. The van der Waals surface area contributed by atoms with Crippen LogP contribution in [0.15, 0.2) is 70.7 Å². The van der Waals surface area contributed by atoms with Crippen molar-refractivity contribution >= 4 is 62.0 Å². The van der Waals surface area contributed by atoms with Gasteiger partial charge in [-0.05, 0) is 67.4 Å². The van der Waals surface area contributed by atoms with Gasteiger partial charge in [0.25, 0.3) is 10.0 Å². The molecule has 4 rings (SSSR count). The van der Waals surface area contributed by atoms with Crippen molar-refractivity contribution in [2.45, 2.75) is 23.9 Å². The average Bonchev–Trinajstić information content (AvgIpc) is 3.22. The number of aryl methyl sites for hydroxylation is 2. The van der Waals surface area contributed by atoms with Crippen molar-refractivity contribution in [2.24, 2.45) is 0 Å². The van der Waals surface area contributed by atoms with Gasteiger partial charge in [-0.2, -0.15) is 0 Å². The molecule has 0 aliphatic heterocycles. The van der Waals surface area contributed by atoms with Crippen molar-refractivity contribution in [3.05, 3.63) is 82.4 Å². The number of halogens is 1. The maximum atomic E-state index is 13.7. The summed E-state index contributed by atoms with van der Waals surface area (Å²) < 4.78 is 33.2. The molecule has 11 heteroatoms. The quantitative estimate of drug-likeness (QED) is 0.256. The highest BCUT2D eigenvalue weighted by molar-refractivity contribution is 8.00. The number of carbonyl (C=O) groups excluding carboxylic acids is 2. The molecule has 0 atom stereocenters. The molecule has 0 fully saturated rings. The van der Waals surface area contributed by atoms with Crippen molar-refractivity contribution < 1.29 is 22.7 Å². The SMILES string of the molecule is COC(=O)c1ccc(NC(=O)CSc2nc3ccccc3n2S(=O)(=O)c2cc(C)cc(C)c2)c(Cl)c1. The number of hydrogen-bond donors (Lipinski definition) is 1. The lowest BCUT2D eigenvalue weighted by Crippen LogP contribution is -2.17. The van der Waals surface area contributed by atoms with E-state index in [0.29, 0.717) is 16.7 Å². The third kappa shape index (κ3) is 5.25. The molecule has 3 aromatic carbocycles. The first-order valence-corrected chi connectivity index (χ1v) is 13.5. The number of thioether (sulfide) groups is 1. The zero-order chi connectivity index (χ0) is 26.0. The number of benzene rings is 3. The van der Waals surface area contributed by atoms with Crippen LogP contribution in [0.4, 0.5) is 5.69 Å². The van der Waals surface area contributed by atoms with E-state index in [-0.39, 0.29) is 26.4 Å². The molecule has 186 valence electrons. The first-order valence-electron chi connectivity index (χ1n) is 10.7. The van der Waals surface area contributed by atoms with E-state index in [0.717, 1.165) is 22.9 Å². The van der Waals surface area contributed by atoms with E-state index in [9.17, 15) is 18.0 Å². The summed E-state index contributed by atoms with van der Waals surface area (Å²) in [7, 11) is -2.73. The predicted octanol–water partition coefficient (Wildman–Crippen LogP) is 5.06. The lowest BCUT2D eigenvalue weighted by Gasteiger charge is -2.12. The van der Waals surface area contributed by atoms with Crippen LogP contribution < -0.4 is 5.32 Å². The molecule has 0 saturated carbocycles. The van der Waals surface area contributed by atoms with Crippen LogP contribution in [0, 0.1) is 13.8 Å². The molecule has 0 aliphatic rings. The van der Waals surface area contributed by atoms with E-state index >= 15 is 0 Å². The monoisotopic (exact) mass is 543 g/mol. The Bertz CT molecular complexity index is 1580. The number of anilines is 1. The van der Waals surface area contributed by atoms with Crippen LogP contribution in [-0.4, -0.2) is 42.1 Å². The van der Waals surface area contributed by atoms with Gasteiger partial charge in [-0.15, -0.1) is 0 Å². The number of aromatic nitrogens is 2. The molecular weight excluding hydrogens is 522 g/mol. The Hall–Kier alpha value is -3.34. The van der Waals surface area contributed by atoms with E-state index in [2.05, 4.69) is 15.0 Å². The Kier molecular flexibility index (Phi) is 7.39. The largest absolute Gasteiger partial charge is 0.465 e. The number of amides is 1. The number of esters is 1. The number of methoxy groups -OCH3 is 1. The standard InChI is InChI=1S/C25H22ClN3O5S2/c1-15-10-16(2)12-18(11-15)36(32,33)29-22-7-5-4-6-21(22)28-25(29)35-14-23(30)27-20-9-8-17(13-19(20)26)24(31)34-3/h4-13H,14H2,1-3H3,(H,27,30). The van der Waals surface area contributed by atoms with Crippen LogP contribution >= 0.6 is 23.4 Å². The van der Waals surface area contributed by atoms with Crippen molar-refractivity contribution in [3.63, 3.8) is 0 Å². The van der Waals surface area contributed by atoms with Crippen LogP contribution in [0.1, 0.15) is 21.5 Å². The van der Waals surface area contributed by atoms with Crippen LogP contribution in [0.25, 0.3) is 11.0 Å². The Balaban J connectivity index is 1.62. The molecule has 0 bridgehead atoms. The highest BCUT2D eigenvalue weighted by Gasteiger charge is 2.25. The summed E-state index contributed by atoms with van der Waals surface area (Å²) in [6.07, 6.45) is 0. The molecule has 4 aromatic rings. The molecule has 0 saturated heterocycles. The number of fused-ring (bicyclic) bond motifs is 1. The second-order valence-electron chi connectivity index (χ2n) is 8.00. The number of carbonyl (C=O) groups is 2. The fraction of sp³-hybridized carbons (Fsp3) is 0.160. The minimum Gasteiger partial charge on any atom is -0.465 e. The molecule has 1 aromatic heterocycles. The molecule has 1 heterocycles. The van der Waals surface area contributed by atoms with Gasteiger partial charge in [0.2, 0.25) is 5.91 Å². The van der Waals surface area contributed by atoms with Crippen molar-refractivity contribution in [3.8, 4) is 0 Å². The second-order valence-corrected chi connectivity index (χ2v) is 11.1. The Morgan fingerprint density at radius 2 is 1.75 bits per heavy atom. The topological polar surface area (TPSA) is 107 Å². The molecule has 8 nitrogen and oxygen atoms in total. The number of nitrogens with one attached hydrogen (secondary N) is 1. The van der Waals surface area contributed by atoms with Gasteiger partial charge in [0.1, 0.15) is 0 Å². The molecule has 36 heavy (non-hydrogen) atoms. The maximum Gasteiger partial charge on any atom is 0.337 e. The van der Waals surface area contributed by atoms with Crippen molar-refractivity contribution in [1.82, 2.24) is 8.96 Å². The summed E-state index contributed by atoms with van der Waals surface area (Å²) in [4.78, 5) is 29.0. The smallest absolute Gasteiger partial charge is 0.337 e. The van der Waals surface area contributed by atoms with Crippen LogP contribution in [0.5, 0.6) is 0 Å². The minimum atomic E-state index is -3.99. The Morgan fingerprint density at radius 1 is 1.06 bits per heavy atom. The number of nitrogens with zero attached hydrogens (tertiary/aromatic N) is 2. The molecule has 0 aliphatic carbocycles. The van der Waals surface area contributed by atoms with E-state index in [1.165, 1.54) is 29.3 Å². The van der Waals surface area contributed by atoms with Gasteiger partial charge in [0.15, 0.2) is 5.16 Å². The Morgan fingerprint density at radius 3 is 2.42 bits per heavy atom. The zero-order valence-corrected chi connectivity index (χ0v) is 22.0. The van der Waals surface area contributed by atoms with Crippen LogP contribution in [0.3, 0.4) is 0 Å². The van der Waals surface area contributed by atoms with Gasteiger partial charge in [0, 0.05) is 0 Å². The van der Waals surface area contributed by atoms with E-state index < -0.39 is 21.9 Å². The van der Waals surface area contributed by atoms with Crippen molar-refractivity contribution in [2.75, 3.05) is 18.2 Å². The molecular formula is C25H22ClN3O5S2. The molecule has 1 N–H and O–H groups in total. The van der Waals surface area contributed by atoms with E-state index in [4.69, 9.17) is 11.6 Å². The fourth-order valence-electron chi connectivity index (χ4n) is 3.67. The number of hydrogen-bond acceptors (Lipinski definition) is 7. The van der Waals surface area contributed by atoms with Gasteiger partial charge < -0.3 is 10.1 Å². The number of para-hydroxylation sites is 2. The normalized spacial score (nSPS) is 11.4. The van der Waals surface area contributed by atoms with Gasteiger partial charge in [-0.25, -0.2) is 22.2 Å². The number of ether oxygens (including phenoxy) is 1. The summed E-state index contributed by atoms with van der Waals surface area (Å²) in [5, 5.41) is 3.00. The van der Waals surface area contributed by atoms with Gasteiger partial charge in [0.05, 0.1) is 45.1 Å². The molecule has 0 spiro atoms. The second kappa shape index (κ2) is 10.3. The number of imidazole rings is 1. The third-order valence-electron chi connectivity index (χ3n) is 5.22. The summed E-state index contributed by atoms with van der Waals surface area (Å²) in [5.41, 5.74) is 3.12. The fourth-order valence-corrected chi connectivity index (χ4v) is 6.60. The zero-order valence-electron chi connectivity index (χ0n) is 19.6. The highest BCUT2D eigenvalue weighted by atomic mass is 35.5. The van der Waals surface area contributed by atoms with Gasteiger partial charge >= 0.3 is 5.97 Å². The summed E-state index contributed by atoms with van der Waals surface area (Å²) >= 11 is 7.19. The lowest BCUT2D eigenvalue weighted by molar-refractivity contribution is -0.113. The van der Waals surface area contributed by atoms with E-state index in [1.807, 2.05) is 19.9 Å². The molecule has 0 radical (unpaired) electrons. The van der Waals surface area contributed by atoms with Crippen LogP contribution in [-0.2, 0) is 19.6 Å². The average molecular weight is 544 g/mol. The lowest BCUT2D eigenvalue weighted by atomic mass is 10.2. The number of rotatable bonds is 7. The maximum absolute atomic E-state index is 13.7. The van der Waals surface area contributed by atoms with Crippen LogP contribution in [0.2, 0.25) is 5.02 Å². The summed E-state index contributed by atoms with van der Waals surface area (Å²) in [6, 6.07) is 16.4. The first kappa shape index (κ1) is 25.7. The summed E-state index contributed by atoms with van der Waals surface area (Å²) in [6.45, 7) is 3.67.